The summed E-state index contributed by atoms with van der Waals surface area (Å²) in [6.07, 6.45) is 0. The molecule has 72 valence electrons. The molecule has 3 nitrogen and oxygen atoms in total. The van der Waals surface area contributed by atoms with E-state index in [0.29, 0.717) is 11.3 Å². The number of nitrogens with zero attached hydrogens (tertiary/aromatic N) is 2. The fourth-order valence-corrected chi connectivity index (χ4v) is 0.631. The van der Waals surface area contributed by atoms with Gasteiger partial charge in [0.15, 0.2) is 11.5 Å². The molecule has 0 saturated carbocycles. The Labute approximate surface area is 80.1 Å². The van der Waals surface area contributed by atoms with E-state index in [9.17, 15) is 0 Å². The summed E-state index contributed by atoms with van der Waals surface area (Å²) < 4.78 is 4.88. The topological polar surface area (TPSA) is 45.4 Å². The highest BCUT2D eigenvalue weighted by atomic mass is 16.5. The van der Waals surface area contributed by atoms with Gasteiger partial charge in [-0.15, -0.1) is 0 Å². The molecule has 0 aliphatic heterocycles. The van der Waals surface area contributed by atoms with Gasteiger partial charge in [0.1, 0.15) is 6.07 Å². The second-order valence-corrected chi connectivity index (χ2v) is 1.93. The lowest BCUT2D eigenvalue weighted by atomic mass is 10.2. The average Bonchev–Trinajstić information content (AvgIpc) is 2.16. The smallest absolute Gasteiger partial charge is 0.182 e. The third-order valence-corrected chi connectivity index (χ3v) is 1.07. The second kappa shape index (κ2) is 8.54. The maximum Gasteiger partial charge on any atom is 0.182 e. The monoisotopic (exact) mass is 180 g/mol. The highest BCUT2D eigenvalue weighted by Gasteiger charge is 2.04. The van der Waals surface area contributed by atoms with Crippen LogP contribution in [-0.2, 0) is 4.74 Å². The lowest BCUT2D eigenvalue weighted by Crippen LogP contribution is -1.91. The summed E-state index contributed by atoms with van der Waals surface area (Å²) in [5.74, 6) is 0.391. The van der Waals surface area contributed by atoms with Gasteiger partial charge in [-0.3, -0.25) is 0 Å². The Hall–Kier alpha value is -1.56. The van der Waals surface area contributed by atoms with Crippen molar-refractivity contribution < 1.29 is 4.74 Å². The highest BCUT2D eigenvalue weighted by Crippen LogP contribution is 2.13. The van der Waals surface area contributed by atoms with Crippen molar-refractivity contribution in [3.05, 3.63) is 23.6 Å². The van der Waals surface area contributed by atoms with Crippen LogP contribution < -0.4 is 0 Å². The molecule has 0 aliphatic rings. The fraction of sp³-hybridized carbons (Fsp3) is 0.400. The predicted octanol–water partition coefficient (Wildman–Crippen LogP) is 2.67. The first-order valence-electron chi connectivity index (χ1n) is 3.98. The van der Waals surface area contributed by atoms with E-state index in [0.717, 1.165) is 0 Å². The van der Waals surface area contributed by atoms with Gasteiger partial charge in [0.2, 0.25) is 0 Å². The average molecular weight is 180 g/mol. The zero-order valence-electron chi connectivity index (χ0n) is 8.72. The van der Waals surface area contributed by atoms with Gasteiger partial charge >= 0.3 is 0 Å². The van der Waals surface area contributed by atoms with Crippen LogP contribution in [0.4, 0.5) is 0 Å². The van der Waals surface area contributed by atoms with Crippen LogP contribution in [0.1, 0.15) is 20.8 Å². The van der Waals surface area contributed by atoms with Crippen molar-refractivity contribution in [2.45, 2.75) is 20.8 Å². The molecule has 0 unspecified atom stereocenters. The van der Waals surface area contributed by atoms with Gasteiger partial charge in [-0.05, 0) is 19.2 Å². The summed E-state index contributed by atoms with van der Waals surface area (Å²) in [5.41, 5.74) is 0.830. The van der Waals surface area contributed by atoms with Crippen molar-refractivity contribution in [2.24, 2.45) is 4.99 Å². The molecule has 0 rings (SSSR count). The van der Waals surface area contributed by atoms with Crippen LogP contribution in [0.15, 0.2) is 28.6 Å². The third-order valence-electron chi connectivity index (χ3n) is 1.07. The van der Waals surface area contributed by atoms with Gasteiger partial charge in [0.25, 0.3) is 0 Å². The molecule has 0 aromatic heterocycles. The van der Waals surface area contributed by atoms with Crippen molar-refractivity contribution in [1.29, 1.82) is 5.26 Å². The number of ether oxygens (including phenoxy) is 1. The maximum absolute atomic E-state index is 8.51. The SMILES string of the molecule is C=N/C(C#N)=C(/OC)C(=C)C.CC. The third kappa shape index (κ3) is 4.81. The first-order valence-corrected chi connectivity index (χ1v) is 3.98. The molecule has 0 radical (unpaired) electrons. The van der Waals surface area contributed by atoms with E-state index in [1.54, 1.807) is 6.92 Å². The minimum Gasteiger partial charge on any atom is -0.493 e. The number of aliphatic imine (C=N–C) groups is 1. The summed E-state index contributed by atoms with van der Waals surface area (Å²) in [4.78, 5) is 3.48. The van der Waals surface area contributed by atoms with Crippen molar-refractivity contribution >= 4 is 6.72 Å². The van der Waals surface area contributed by atoms with Gasteiger partial charge in [0.05, 0.1) is 7.11 Å². The van der Waals surface area contributed by atoms with Crippen molar-refractivity contribution in [3.8, 4) is 6.07 Å². The number of hydrogen-bond acceptors (Lipinski definition) is 3. The Morgan fingerprint density at radius 2 is 1.92 bits per heavy atom. The van der Waals surface area contributed by atoms with Gasteiger partial charge < -0.3 is 4.74 Å². The maximum atomic E-state index is 8.51. The van der Waals surface area contributed by atoms with E-state index in [2.05, 4.69) is 18.3 Å². The molecular formula is C10H16N2O. The predicted molar refractivity (Wildman–Crippen MR) is 55.4 cm³/mol. The number of hydrogen-bond donors (Lipinski definition) is 0. The van der Waals surface area contributed by atoms with Crippen molar-refractivity contribution in [3.63, 3.8) is 0 Å². The number of rotatable bonds is 3. The molecular weight excluding hydrogens is 164 g/mol. The zero-order valence-corrected chi connectivity index (χ0v) is 8.72. The molecule has 0 atom stereocenters. The Kier molecular flexibility index (Phi) is 9.19. The van der Waals surface area contributed by atoms with Gasteiger partial charge in [-0.25, -0.2) is 4.99 Å². The van der Waals surface area contributed by atoms with Crippen molar-refractivity contribution in [1.82, 2.24) is 0 Å². The van der Waals surface area contributed by atoms with Gasteiger partial charge in [-0.2, -0.15) is 5.26 Å². The Morgan fingerprint density at radius 1 is 1.46 bits per heavy atom. The molecule has 0 heterocycles. The molecule has 0 N–H and O–H groups in total. The largest absolute Gasteiger partial charge is 0.493 e. The van der Waals surface area contributed by atoms with Crippen molar-refractivity contribution in [2.75, 3.05) is 7.11 Å². The van der Waals surface area contributed by atoms with Crippen LogP contribution in [0.5, 0.6) is 0 Å². The number of methoxy groups -OCH3 is 1. The van der Waals surface area contributed by atoms with Crippen LogP contribution in [-0.4, -0.2) is 13.8 Å². The van der Waals surface area contributed by atoms with E-state index >= 15 is 0 Å². The molecule has 0 spiro atoms. The van der Waals surface area contributed by atoms with Crippen LogP contribution in [0.3, 0.4) is 0 Å². The molecule has 0 amide bonds. The Bertz CT molecular complexity index is 246. The molecule has 0 aromatic rings. The number of nitriles is 1. The second-order valence-electron chi connectivity index (χ2n) is 1.93. The van der Waals surface area contributed by atoms with E-state index in [1.807, 2.05) is 19.9 Å². The lowest BCUT2D eigenvalue weighted by Gasteiger charge is -2.04. The van der Waals surface area contributed by atoms with E-state index in [4.69, 9.17) is 10.00 Å². The molecule has 0 aliphatic carbocycles. The standard InChI is InChI=1S/C8H10N2O.C2H6/c1-6(2)8(11-4)7(5-9)10-3;1-2/h1,3H2,2,4H3;1-2H3/b8-7+;. The van der Waals surface area contributed by atoms with Crippen LogP contribution in [0.2, 0.25) is 0 Å². The van der Waals surface area contributed by atoms with E-state index in [1.165, 1.54) is 7.11 Å². The van der Waals surface area contributed by atoms with Crippen LogP contribution >= 0.6 is 0 Å². The van der Waals surface area contributed by atoms with E-state index in [-0.39, 0.29) is 5.70 Å². The quantitative estimate of drug-likeness (QED) is 0.290. The Balaban J connectivity index is 0. The fourth-order valence-electron chi connectivity index (χ4n) is 0.631. The molecule has 0 aromatic carbocycles. The zero-order chi connectivity index (χ0) is 10.9. The summed E-state index contributed by atoms with van der Waals surface area (Å²) in [6.45, 7) is 12.6. The molecule has 13 heavy (non-hydrogen) atoms. The number of allylic oxidation sites excluding steroid dienone is 2. The minimum absolute atomic E-state index is 0.167. The van der Waals surface area contributed by atoms with Gasteiger partial charge in [0, 0.05) is 0 Å². The molecule has 0 fully saturated rings. The molecule has 0 saturated heterocycles. The summed E-state index contributed by atoms with van der Waals surface area (Å²) in [7, 11) is 1.46. The highest BCUT2D eigenvalue weighted by molar-refractivity contribution is 5.40. The minimum atomic E-state index is 0.167. The Morgan fingerprint density at radius 3 is 2.00 bits per heavy atom. The van der Waals surface area contributed by atoms with Gasteiger partial charge in [-0.1, -0.05) is 20.4 Å². The molecule has 0 bridgehead atoms. The first-order chi connectivity index (χ1) is 6.17. The van der Waals surface area contributed by atoms with E-state index < -0.39 is 0 Å². The summed E-state index contributed by atoms with van der Waals surface area (Å²) in [5, 5.41) is 8.51. The lowest BCUT2D eigenvalue weighted by molar-refractivity contribution is 0.297. The molecule has 3 heteroatoms. The normalized spacial score (nSPS) is 9.77. The first kappa shape index (κ1) is 14.0. The van der Waals surface area contributed by atoms with Crippen LogP contribution in [0.25, 0.3) is 0 Å². The van der Waals surface area contributed by atoms with Crippen LogP contribution in [0, 0.1) is 11.3 Å². The summed E-state index contributed by atoms with van der Waals surface area (Å²) in [6, 6.07) is 1.85. The summed E-state index contributed by atoms with van der Waals surface area (Å²) >= 11 is 0.